The molecule has 8 nitrogen and oxygen atoms in total. The van der Waals surface area contributed by atoms with E-state index in [0.29, 0.717) is 5.56 Å². The van der Waals surface area contributed by atoms with Gasteiger partial charge in [-0.2, -0.15) is 0 Å². The fourth-order valence-electron chi connectivity index (χ4n) is 2.75. The molecule has 1 aromatic carbocycles. The Balaban J connectivity index is 2.65. The van der Waals surface area contributed by atoms with E-state index in [9.17, 15) is 22.8 Å². The molecule has 0 saturated carbocycles. The van der Waals surface area contributed by atoms with Gasteiger partial charge in [0, 0.05) is 11.8 Å². The molecular weight excluding hydrogens is 386 g/mol. The molecule has 150 valence electrons. The molecule has 0 amide bonds. The van der Waals surface area contributed by atoms with Crippen LogP contribution in [0.25, 0.3) is 0 Å². The lowest BCUT2D eigenvalue weighted by Crippen LogP contribution is -2.52. The predicted molar refractivity (Wildman–Crippen MR) is 100 cm³/mol. The van der Waals surface area contributed by atoms with Crippen LogP contribution in [0.2, 0.25) is 0 Å². The maximum atomic E-state index is 12.7. The number of hydrogen-bond acceptors (Lipinski definition) is 7. The molecule has 1 aromatic heterocycles. The van der Waals surface area contributed by atoms with Crippen molar-refractivity contribution < 1.29 is 32.3 Å². The van der Waals surface area contributed by atoms with Crippen LogP contribution in [0.1, 0.15) is 35.6 Å². The minimum Gasteiger partial charge on any atom is -0.464 e. The Labute approximate surface area is 162 Å². The maximum absolute atomic E-state index is 12.7. The summed E-state index contributed by atoms with van der Waals surface area (Å²) >= 11 is 0. The van der Waals surface area contributed by atoms with Gasteiger partial charge in [0.05, 0.1) is 24.6 Å². The number of carbonyl (C=O) groups is 3. The molecule has 0 radical (unpaired) electrons. The minimum atomic E-state index is -4.39. The monoisotopic (exact) mass is 407 g/mol. The highest BCUT2D eigenvalue weighted by Gasteiger charge is 2.60. The number of nitrogens with one attached hydrogen (secondary N) is 1. The van der Waals surface area contributed by atoms with Crippen molar-refractivity contribution >= 4 is 27.6 Å². The van der Waals surface area contributed by atoms with E-state index >= 15 is 0 Å². The first kappa shape index (κ1) is 21.4. The normalized spacial score (nSPS) is 11.7. The third-order valence-corrected chi connectivity index (χ3v) is 5.69. The highest BCUT2D eigenvalue weighted by Crippen LogP contribution is 2.33. The van der Waals surface area contributed by atoms with E-state index in [2.05, 4.69) is 4.98 Å². The maximum Gasteiger partial charge on any atom is 0.345 e. The summed E-state index contributed by atoms with van der Waals surface area (Å²) in [7, 11) is -4.39. The van der Waals surface area contributed by atoms with Crippen molar-refractivity contribution in [2.75, 3.05) is 19.5 Å². The van der Waals surface area contributed by atoms with E-state index in [1.54, 1.807) is 30.3 Å². The van der Waals surface area contributed by atoms with Crippen molar-refractivity contribution in [1.29, 1.82) is 0 Å². The van der Waals surface area contributed by atoms with Crippen LogP contribution in [-0.4, -0.2) is 50.6 Å². The van der Waals surface area contributed by atoms with Gasteiger partial charge in [-0.3, -0.25) is 4.79 Å². The SMILES string of the molecule is CCOC(=O)C(C(=O)OCC)(c1ccc(C(=O)c2ccccc2)[nH]1)S(C)(=O)=O. The first-order valence-corrected chi connectivity index (χ1v) is 10.4. The number of ether oxygens (including phenoxy) is 2. The van der Waals surface area contributed by atoms with Crippen LogP contribution < -0.4 is 0 Å². The van der Waals surface area contributed by atoms with Crippen LogP contribution >= 0.6 is 0 Å². The molecule has 0 aliphatic rings. The second-order valence-electron chi connectivity index (χ2n) is 5.88. The van der Waals surface area contributed by atoms with E-state index in [1.165, 1.54) is 26.0 Å². The second kappa shape index (κ2) is 8.39. The average molecular weight is 407 g/mol. The van der Waals surface area contributed by atoms with Gasteiger partial charge >= 0.3 is 16.7 Å². The summed E-state index contributed by atoms with van der Waals surface area (Å²) in [4.78, 5) is 40.6. The molecule has 1 N–H and O–H groups in total. The van der Waals surface area contributed by atoms with Gasteiger partial charge in [0.15, 0.2) is 9.84 Å². The van der Waals surface area contributed by atoms with Crippen LogP contribution in [0, 0.1) is 0 Å². The topological polar surface area (TPSA) is 120 Å². The first-order chi connectivity index (χ1) is 13.2. The number of benzene rings is 1. The summed E-state index contributed by atoms with van der Waals surface area (Å²) in [6, 6.07) is 10.8. The van der Waals surface area contributed by atoms with Gasteiger partial charge in [-0.25, -0.2) is 18.0 Å². The van der Waals surface area contributed by atoms with Gasteiger partial charge in [0.1, 0.15) is 0 Å². The van der Waals surface area contributed by atoms with E-state index in [0.717, 1.165) is 6.26 Å². The number of sulfone groups is 1. The lowest BCUT2D eigenvalue weighted by Gasteiger charge is -2.26. The Morgan fingerprint density at radius 3 is 1.93 bits per heavy atom. The molecule has 0 unspecified atom stereocenters. The van der Waals surface area contributed by atoms with Gasteiger partial charge in [-0.1, -0.05) is 30.3 Å². The highest BCUT2D eigenvalue weighted by molar-refractivity contribution is 7.93. The Morgan fingerprint density at radius 1 is 0.929 bits per heavy atom. The quantitative estimate of drug-likeness (QED) is 0.401. The Bertz CT molecular complexity index is 959. The number of hydrogen-bond donors (Lipinski definition) is 1. The molecule has 0 aliphatic heterocycles. The number of aromatic nitrogens is 1. The van der Waals surface area contributed by atoms with Crippen LogP contribution in [0.5, 0.6) is 0 Å². The number of esters is 2. The van der Waals surface area contributed by atoms with Gasteiger partial charge in [-0.05, 0) is 26.0 Å². The molecule has 0 fully saturated rings. The van der Waals surface area contributed by atoms with E-state index in [4.69, 9.17) is 9.47 Å². The molecule has 2 aromatic rings. The first-order valence-electron chi connectivity index (χ1n) is 8.53. The van der Waals surface area contributed by atoms with Gasteiger partial charge in [0.25, 0.3) is 0 Å². The summed E-state index contributed by atoms with van der Waals surface area (Å²) in [6.45, 7) is 2.67. The zero-order chi connectivity index (χ0) is 20.9. The molecule has 0 aliphatic carbocycles. The fraction of sp³-hybridized carbons (Fsp3) is 0.316. The summed E-state index contributed by atoms with van der Waals surface area (Å²) in [5.41, 5.74) is 0.0575. The number of aromatic amines is 1. The number of carbonyl (C=O) groups excluding carboxylic acids is 3. The second-order valence-corrected chi connectivity index (χ2v) is 8.03. The molecule has 28 heavy (non-hydrogen) atoms. The largest absolute Gasteiger partial charge is 0.464 e. The lowest BCUT2D eigenvalue weighted by atomic mass is 10.1. The van der Waals surface area contributed by atoms with Crippen LogP contribution in [0.4, 0.5) is 0 Å². The van der Waals surface area contributed by atoms with Crippen LogP contribution in [0.15, 0.2) is 42.5 Å². The number of H-pyrrole nitrogens is 1. The van der Waals surface area contributed by atoms with Crippen LogP contribution in [0.3, 0.4) is 0 Å². The van der Waals surface area contributed by atoms with Crippen LogP contribution in [-0.2, 0) is 33.6 Å². The van der Waals surface area contributed by atoms with Gasteiger partial charge in [0.2, 0.25) is 5.78 Å². The average Bonchev–Trinajstić information content (AvgIpc) is 3.11. The molecular formula is C19H21NO7S. The molecule has 0 saturated heterocycles. The lowest BCUT2D eigenvalue weighted by molar-refractivity contribution is -0.159. The zero-order valence-corrected chi connectivity index (χ0v) is 16.5. The fourth-order valence-corrected chi connectivity index (χ4v) is 3.99. The van der Waals surface area contributed by atoms with Gasteiger partial charge in [-0.15, -0.1) is 0 Å². The van der Waals surface area contributed by atoms with Gasteiger partial charge < -0.3 is 14.5 Å². The highest BCUT2D eigenvalue weighted by atomic mass is 32.2. The number of ketones is 1. The predicted octanol–water partition coefficient (Wildman–Crippen LogP) is 1.61. The summed E-state index contributed by atoms with van der Waals surface area (Å²) in [5, 5.41) is 0. The molecule has 0 bridgehead atoms. The Hall–Kier alpha value is -2.94. The van der Waals surface area contributed by atoms with Crippen molar-refractivity contribution in [2.24, 2.45) is 0 Å². The Kier molecular flexibility index (Phi) is 6.40. The summed E-state index contributed by atoms with van der Waals surface area (Å²) in [6.07, 6.45) is 0.736. The van der Waals surface area contributed by atoms with E-state index in [-0.39, 0.29) is 24.6 Å². The van der Waals surface area contributed by atoms with Crippen molar-refractivity contribution in [3.8, 4) is 0 Å². The zero-order valence-electron chi connectivity index (χ0n) is 15.7. The molecule has 9 heteroatoms. The summed E-state index contributed by atoms with van der Waals surface area (Å²) < 4.78 is 32.3. The third-order valence-electron chi connectivity index (χ3n) is 4.03. The van der Waals surface area contributed by atoms with E-state index in [1.807, 2.05) is 0 Å². The molecule has 1 heterocycles. The van der Waals surface area contributed by atoms with Crippen molar-refractivity contribution in [3.63, 3.8) is 0 Å². The van der Waals surface area contributed by atoms with E-state index < -0.39 is 32.3 Å². The number of rotatable bonds is 8. The van der Waals surface area contributed by atoms with Crippen molar-refractivity contribution in [1.82, 2.24) is 4.98 Å². The summed E-state index contributed by atoms with van der Waals surface area (Å²) in [5.74, 6) is -3.02. The minimum absolute atomic E-state index is 0.0165. The standard InChI is InChI=1S/C19H21NO7S/c1-4-26-17(22)19(28(3,24)25,18(23)27-5-2)15-12-11-14(20-15)16(21)13-9-7-6-8-10-13/h6-12,20H,4-5H2,1-3H3. The Morgan fingerprint density at radius 2 is 1.46 bits per heavy atom. The smallest absolute Gasteiger partial charge is 0.345 e. The molecule has 0 spiro atoms. The van der Waals surface area contributed by atoms with Crippen molar-refractivity contribution in [2.45, 2.75) is 18.6 Å². The third kappa shape index (κ3) is 3.70. The molecule has 2 rings (SSSR count). The molecule has 0 atom stereocenters. The van der Waals surface area contributed by atoms with Crippen molar-refractivity contribution in [3.05, 3.63) is 59.4 Å².